The van der Waals surface area contributed by atoms with E-state index in [0.29, 0.717) is 26.1 Å². The molecule has 0 saturated carbocycles. The zero-order valence-electron chi connectivity index (χ0n) is 9.51. The van der Waals surface area contributed by atoms with Crippen molar-refractivity contribution in [1.82, 2.24) is 9.62 Å². The van der Waals surface area contributed by atoms with Crippen LogP contribution in [0.4, 0.5) is 0 Å². The Hall–Kier alpha value is -0.660. The largest absolute Gasteiger partial charge is 0.480 e. The monoisotopic (exact) mass is 250 g/mol. The smallest absolute Gasteiger partial charge is 0.323 e. The Balaban J connectivity index is 2.87. The number of hydrogen-bond donors (Lipinski definition) is 2. The Kier molecular flexibility index (Phi) is 4.28. The summed E-state index contributed by atoms with van der Waals surface area (Å²) in [7, 11) is -3.73. The van der Waals surface area contributed by atoms with Crippen LogP contribution in [0.5, 0.6) is 0 Å². The van der Waals surface area contributed by atoms with E-state index in [2.05, 4.69) is 5.32 Å². The predicted octanol–water partition coefficient (Wildman–Crippen LogP) is -0.527. The van der Waals surface area contributed by atoms with Gasteiger partial charge in [-0.3, -0.25) is 4.79 Å². The highest BCUT2D eigenvalue weighted by atomic mass is 32.2. The maximum absolute atomic E-state index is 12.0. The Morgan fingerprint density at radius 1 is 1.56 bits per heavy atom. The molecule has 7 heteroatoms. The van der Waals surface area contributed by atoms with Crippen molar-refractivity contribution in [3.63, 3.8) is 0 Å². The van der Waals surface area contributed by atoms with E-state index in [9.17, 15) is 13.2 Å². The lowest BCUT2D eigenvalue weighted by molar-refractivity contribution is -0.136. The number of sulfonamides is 1. The van der Waals surface area contributed by atoms with Gasteiger partial charge in [0.05, 0.1) is 0 Å². The molecule has 0 aromatic carbocycles. The molecule has 1 rings (SSSR count). The highest BCUT2D eigenvalue weighted by Gasteiger charge is 2.39. The molecule has 0 radical (unpaired) electrons. The first-order chi connectivity index (χ1) is 7.41. The van der Waals surface area contributed by atoms with Crippen LogP contribution in [-0.2, 0) is 14.8 Å². The van der Waals surface area contributed by atoms with E-state index < -0.39 is 21.2 Å². The van der Waals surface area contributed by atoms with E-state index in [-0.39, 0.29) is 6.04 Å². The minimum Gasteiger partial charge on any atom is -0.480 e. The number of carboxylic acids is 1. The van der Waals surface area contributed by atoms with Crippen molar-refractivity contribution in [3.05, 3.63) is 0 Å². The predicted molar refractivity (Wildman–Crippen MR) is 59.7 cm³/mol. The number of carbonyl (C=O) groups is 1. The van der Waals surface area contributed by atoms with Crippen LogP contribution in [0.3, 0.4) is 0 Å². The molecular weight excluding hydrogens is 232 g/mol. The number of hydrogen-bond acceptors (Lipinski definition) is 4. The van der Waals surface area contributed by atoms with E-state index in [1.807, 2.05) is 6.92 Å². The summed E-state index contributed by atoms with van der Waals surface area (Å²) in [6.07, 6.45) is 0.683. The third-order valence-electron chi connectivity index (χ3n) is 2.73. The lowest BCUT2D eigenvalue weighted by Crippen LogP contribution is -2.60. The zero-order valence-corrected chi connectivity index (χ0v) is 10.3. The summed E-state index contributed by atoms with van der Waals surface area (Å²) in [6, 6.07) is -0.0910. The lowest BCUT2D eigenvalue weighted by Gasteiger charge is -2.37. The van der Waals surface area contributed by atoms with Crippen LogP contribution in [0.2, 0.25) is 0 Å². The molecule has 1 atom stereocenters. The first-order valence-corrected chi connectivity index (χ1v) is 6.85. The molecule has 0 spiro atoms. The zero-order chi connectivity index (χ0) is 12.3. The van der Waals surface area contributed by atoms with Crippen molar-refractivity contribution < 1.29 is 18.3 Å². The molecule has 6 nitrogen and oxygen atoms in total. The van der Waals surface area contributed by atoms with Gasteiger partial charge in [-0.1, -0.05) is 6.92 Å². The molecule has 0 bridgehead atoms. The first kappa shape index (κ1) is 13.4. The highest BCUT2D eigenvalue weighted by Crippen LogP contribution is 2.16. The van der Waals surface area contributed by atoms with Crippen LogP contribution < -0.4 is 5.32 Å². The summed E-state index contributed by atoms with van der Waals surface area (Å²) in [5, 5.41) is 10.4. The topological polar surface area (TPSA) is 86.7 Å². The third kappa shape index (κ3) is 2.53. The molecular formula is C9H18N2O4S. The van der Waals surface area contributed by atoms with E-state index >= 15 is 0 Å². The van der Waals surface area contributed by atoms with E-state index in [1.54, 1.807) is 0 Å². The number of nitrogens with one attached hydrogen (secondary N) is 1. The van der Waals surface area contributed by atoms with Gasteiger partial charge in [-0.05, 0) is 13.3 Å². The summed E-state index contributed by atoms with van der Waals surface area (Å²) >= 11 is 0. The van der Waals surface area contributed by atoms with Crippen molar-refractivity contribution in [2.24, 2.45) is 0 Å². The average Bonchev–Trinajstić information content (AvgIpc) is 2.13. The molecule has 1 aliphatic rings. The minimum absolute atomic E-state index is 0.0910. The third-order valence-corrected chi connectivity index (χ3v) is 4.96. The quantitative estimate of drug-likeness (QED) is 0.662. The Morgan fingerprint density at radius 2 is 2.12 bits per heavy atom. The number of nitrogens with zero attached hydrogens (tertiary/aromatic N) is 1. The SMILES string of the molecule is CCCN(C1CNC1)S(=O)(=O)C(C)C(=O)O. The number of rotatable bonds is 6. The van der Waals surface area contributed by atoms with Gasteiger partial charge in [-0.2, -0.15) is 4.31 Å². The first-order valence-electron chi connectivity index (χ1n) is 5.35. The molecule has 1 heterocycles. The van der Waals surface area contributed by atoms with E-state index in [4.69, 9.17) is 5.11 Å². The normalized spacial score (nSPS) is 19.4. The molecule has 0 amide bonds. The summed E-state index contributed by atoms with van der Waals surface area (Å²) in [5.74, 6) is -1.30. The second-order valence-electron chi connectivity index (χ2n) is 3.95. The van der Waals surface area contributed by atoms with Crippen LogP contribution in [0, 0.1) is 0 Å². The molecule has 1 aliphatic heterocycles. The highest BCUT2D eigenvalue weighted by molar-refractivity contribution is 7.90. The fourth-order valence-corrected chi connectivity index (χ4v) is 3.21. The van der Waals surface area contributed by atoms with Crippen LogP contribution in [-0.4, -0.2) is 54.7 Å². The maximum atomic E-state index is 12.0. The second-order valence-corrected chi connectivity index (χ2v) is 6.15. The van der Waals surface area contributed by atoms with Gasteiger partial charge in [-0.15, -0.1) is 0 Å². The van der Waals surface area contributed by atoms with Crippen LogP contribution in [0.25, 0.3) is 0 Å². The van der Waals surface area contributed by atoms with Crippen molar-refractivity contribution in [1.29, 1.82) is 0 Å². The molecule has 0 aromatic rings. The molecule has 94 valence electrons. The molecule has 0 aromatic heterocycles. The van der Waals surface area contributed by atoms with Crippen LogP contribution in [0.1, 0.15) is 20.3 Å². The van der Waals surface area contributed by atoms with Gasteiger partial charge < -0.3 is 10.4 Å². The summed E-state index contributed by atoms with van der Waals surface area (Å²) in [4.78, 5) is 10.8. The van der Waals surface area contributed by atoms with E-state index in [0.717, 1.165) is 0 Å². The van der Waals surface area contributed by atoms with Gasteiger partial charge in [0.15, 0.2) is 5.25 Å². The average molecular weight is 250 g/mol. The molecule has 1 saturated heterocycles. The lowest BCUT2D eigenvalue weighted by atomic mass is 10.2. The van der Waals surface area contributed by atoms with Crippen molar-refractivity contribution >= 4 is 16.0 Å². The number of carboxylic acid groups (broad SMARTS) is 1. The van der Waals surface area contributed by atoms with Gasteiger partial charge in [0, 0.05) is 25.7 Å². The molecule has 16 heavy (non-hydrogen) atoms. The molecule has 1 fully saturated rings. The van der Waals surface area contributed by atoms with Crippen molar-refractivity contribution in [3.8, 4) is 0 Å². The Morgan fingerprint density at radius 3 is 2.44 bits per heavy atom. The molecule has 0 aliphatic carbocycles. The Labute approximate surface area is 95.7 Å². The van der Waals surface area contributed by atoms with Gasteiger partial charge >= 0.3 is 5.97 Å². The van der Waals surface area contributed by atoms with Gasteiger partial charge in [0.1, 0.15) is 0 Å². The Bertz CT molecular complexity index is 351. The summed E-state index contributed by atoms with van der Waals surface area (Å²) < 4.78 is 25.3. The standard InChI is InChI=1S/C9H18N2O4S/c1-3-4-11(8-5-10-6-8)16(14,15)7(2)9(12)13/h7-8,10H,3-6H2,1-2H3,(H,12,13). The fourth-order valence-electron chi connectivity index (χ4n) is 1.55. The summed E-state index contributed by atoms with van der Waals surface area (Å²) in [5.41, 5.74) is 0. The van der Waals surface area contributed by atoms with Gasteiger partial charge in [0.25, 0.3) is 0 Å². The van der Waals surface area contributed by atoms with Crippen LogP contribution in [0.15, 0.2) is 0 Å². The van der Waals surface area contributed by atoms with Gasteiger partial charge in [-0.25, -0.2) is 8.42 Å². The van der Waals surface area contributed by atoms with Crippen LogP contribution >= 0.6 is 0 Å². The fraction of sp³-hybridized carbons (Fsp3) is 0.889. The number of aliphatic carboxylic acids is 1. The van der Waals surface area contributed by atoms with E-state index in [1.165, 1.54) is 11.2 Å². The molecule has 1 unspecified atom stereocenters. The minimum atomic E-state index is -3.73. The second kappa shape index (κ2) is 5.11. The maximum Gasteiger partial charge on any atom is 0.323 e. The van der Waals surface area contributed by atoms with Gasteiger partial charge in [0.2, 0.25) is 10.0 Å². The van der Waals surface area contributed by atoms with Crippen molar-refractivity contribution in [2.45, 2.75) is 31.6 Å². The summed E-state index contributed by atoms with van der Waals surface area (Å²) in [6.45, 7) is 4.68. The molecule has 2 N–H and O–H groups in total. The van der Waals surface area contributed by atoms with Crippen molar-refractivity contribution in [2.75, 3.05) is 19.6 Å².